The molecular formula is C15H18F3NO. The molecule has 0 aliphatic carbocycles. The maximum Gasteiger partial charge on any atom is 0.416 e. The van der Waals surface area contributed by atoms with Crippen molar-refractivity contribution in [2.45, 2.75) is 32.4 Å². The molecule has 5 heteroatoms. The van der Waals surface area contributed by atoms with Gasteiger partial charge in [0.1, 0.15) is 5.78 Å². The molecule has 1 aliphatic rings. The molecule has 1 aromatic carbocycles. The van der Waals surface area contributed by atoms with Crippen LogP contribution >= 0.6 is 0 Å². The molecule has 0 spiro atoms. The summed E-state index contributed by atoms with van der Waals surface area (Å²) in [6.07, 6.45) is -2.56. The van der Waals surface area contributed by atoms with Crippen molar-refractivity contribution in [1.29, 1.82) is 0 Å². The molecular weight excluding hydrogens is 267 g/mol. The van der Waals surface area contributed by atoms with E-state index in [4.69, 9.17) is 0 Å². The zero-order valence-electron chi connectivity index (χ0n) is 11.4. The molecule has 0 amide bonds. The molecule has 2 rings (SSSR count). The second kappa shape index (κ2) is 5.56. The lowest BCUT2D eigenvalue weighted by molar-refractivity contribution is -0.137. The Morgan fingerprint density at radius 3 is 2.40 bits per heavy atom. The van der Waals surface area contributed by atoms with Gasteiger partial charge in [-0.25, -0.2) is 0 Å². The normalized spacial score (nSPS) is 23.0. The highest BCUT2D eigenvalue weighted by atomic mass is 19.4. The molecule has 0 bridgehead atoms. The predicted octanol–water partition coefficient (Wildman–Crippen LogP) is 3.21. The van der Waals surface area contributed by atoms with Crippen molar-refractivity contribution >= 4 is 5.78 Å². The first-order valence-electron chi connectivity index (χ1n) is 6.77. The summed E-state index contributed by atoms with van der Waals surface area (Å²) in [5.41, 5.74) is -0.382. The van der Waals surface area contributed by atoms with Crippen LogP contribution in [0.25, 0.3) is 0 Å². The fourth-order valence-corrected chi connectivity index (χ4v) is 2.67. The van der Waals surface area contributed by atoms with Gasteiger partial charge in [0, 0.05) is 18.4 Å². The lowest BCUT2D eigenvalue weighted by Gasteiger charge is -2.24. The van der Waals surface area contributed by atoms with Crippen LogP contribution < -0.4 is 5.32 Å². The van der Waals surface area contributed by atoms with Crippen molar-refractivity contribution < 1.29 is 18.0 Å². The molecule has 20 heavy (non-hydrogen) atoms. The van der Waals surface area contributed by atoms with Crippen molar-refractivity contribution in [3.05, 3.63) is 35.4 Å². The minimum absolute atomic E-state index is 0.116. The molecule has 1 aliphatic heterocycles. The Bertz CT molecular complexity index is 473. The number of carbonyl (C=O) groups is 1. The lowest BCUT2D eigenvalue weighted by Crippen LogP contribution is -2.34. The van der Waals surface area contributed by atoms with Crippen LogP contribution in [0.4, 0.5) is 13.2 Å². The molecule has 0 saturated carbocycles. The quantitative estimate of drug-likeness (QED) is 0.920. The van der Waals surface area contributed by atoms with E-state index in [9.17, 15) is 18.0 Å². The van der Waals surface area contributed by atoms with E-state index >= 15 is 0 Å². The summed E-state index contributed by atoms with van der Waals surface area (Å²) >= 11 is 0. The Labute approximate surface area is 116 Å². The van der Waals surface area contributed by atoms with Gasteiger partial charge in [-0.3, -0.25) is 4.79 Å². The van der Waals surface area contributed by atoms with Crippen molar-refractivity contribution in [3.63, 3.8) is 0 Å². The Morgan fingerprint density at radius 2 is 1.95 bits per heavy atom. The average Bonchev–Trinajstić information content (AvgIpc) is 2.88. The fourth-order valence-electron chi connectivity index (χ4n) is 2.67. The Kier molecular flexibility index (Phi) is 4.18. The summed E-state index contributed by atoms with van der Waals surface area (Å²) in [5, 5.41) is 3.19. The van der Waals surface area contributed by atoms with Gasteiger partial charge in [0.05, 0.1) is 5.56 Å². The topological polar surface area (TPSA) is 29.1 Å². The van der Waals surface area contributed by atoms with Gasteiger partial charge in [0.2, 0.25) is 0 Å². The highest BCUT2D eigenvalue weighted by Gasteiger charge is 2.38. The van der Waals surface area contributed by atoms with Crippen LogP contribution in [-0.2, 0) is 17.4 Å². The summed E-state index contributed by atoms with van der Waals surface area (Å²) in [4.78, 5) is 12.4. The number of hydrogen-bond acceptors (Lipinski definition) is 2. The number of carbonyl (C=O) groups excluding carboxylic acids is 1. The Hall–Kier alpha value is -1.36. The van der Waals surface area contributed by atoms with Crippen LogP contribution in [0.5, 0.6) is 0 Å². The zero-order chi connectivity index (χ0) is 14.8. The summed E-state index contributed by atoms with van der Waals surface area (Å²) in [6.45, 7) is 3.48. The molecule has 2 nitrogen and oxygen atoms in total. The molecule has 1 atom stereocenters. The van der Waals surface area contributed by atoms with Gasteiger partial charge in [-0.05, 0) is 37.1 Å². The van der Waals surface area contributed by atoms with Gasteiger partial charge in [0.15, 0.2) is 0 Å². The summed E-state index contributed by atoms with van der Waals surface area (Å²) in [5.74, 6) is 0.116. The molecule has 1 N–H and O–H groups in total. The zero-order valence-corrected chi connectivity index (χ0v) is 11.4. The number of hydrogen-bond donors (Lipinski definition) is 1. The molecule has 0 radical (unpaired) electrons. The van der Waals surface area contributed by atoms with E-state index in [2.05, 4.69) is 5.32 Å². The highest BCUT2D eigenvalue weighted by molar-refractivity contribution is 5.87. The molecule has 1 aromatic rings. The van der Waals surface area contributed by atoms with Crippen LogP contribution in [-0.4, -0.2) is 18.9 Å². The van der Waals surface area contributed by atoms with E-state index in [-0.39, 0.29) is 17.6 Å². The van der Waals surface area contributed by atoms with Gasteiger partial charge in [0.25, 0.3) is 0 Å². The Balaban J connectivity index is 2.08. The first-order valence-corrected chi connectivity index (χ1v) is 6.77. The number of nitrogens with one attached hydrogen (secondary N) is 1. The minimum Gasteiger partial charge on any atom is -0.316 e. The SMILES string of the molecule is CCC1(C(=O)Cc2ccc(C(F)(F)F)cc2)CCNC1. The number of benzene rings is 1. The maximum atomic E-state index is 12.5. The van der Waals surface area contributed by atoms with Crippen molar-refractivity contribution in [3.8, 4) is 0 Å². The maximum absolute atomic E-state index is 12.5. The van der Waals surface area contributed by atoms with E-state index in [0.717, 1.165) is 31.5 Å². The highest BCUT2D eigenvalue weighted by Crippen LogP contribution is 2.33. The fraction of sp³-hybridized carbons (Fsp3) is 0.533. The van der Waals surface area contributed by atoms with Crippen LogP contribution in [0.1, 0.15) is 30.9 Å². The van der Waals surface area contributed by atoms with E-state index in [1.165, 1.54) is 12.1 Å². The molecule has 110 valence electrons. The third-order valence-corrected chi connectivity index (χ3v) is 4.16. The van der Waals surface area contributed by atoms with Crippen LogP contribution in [0.3, 0.4) is 0 Å². The van der Waals surface area contributed by atoms with Crippen LogP contribution in [0.2, 0.25) is 0 Å². The van der Waals surface area contributed by atoms with E-state index < -0.39 is 11.7 Å². The van der Waals surface area contributed by atoms with E-state index in [0.29, 0.717) is 12.1 Å². The van der Waals surface area contributed by atoms with Crippen molar-refractivity contribution in [2.75, 3.05) is 13.1 Å². The average molecular weight is 285 g/mol. The predicted molar refractivity (Wildman–Crippen MR) is 70.4 cm³/mol. The molecule has 1 unspecified atom stereocenters. The molecule has 1 heterocycles. The number of alkyl halides is 3. The van der Waals surface area contributed by atoms with Gasteiger partial charge in [-0.2, -0.15) is 13.2 Å². The van der Waals surface area contributed by atoms with E-state index in [1.807, 2.05) is 6.92 Å². The van der Waals surface area contributed by atoms with E-state index in [1.54, 1.807) is 0 Å². The number of rotatable bonds is 4. The molecule has 0 aromatic heterocycles. The smallest absolute Gasteiger partial charge is 0.316 e. The number of halogens is 3. The van der Waals surface area contributed by atoms with Gasteiger partial charge < -0.3 is 5.32 Å². The lowest BCUT2D eigenvalue weighted by atomic mass is 9.78. The minimum atomic E-state index is -4.33. The van der Waals surface area contributed by atoms with Crippen LogP contribution in [0.15, 0.2) is 24.3 Å². The second-order valence-corrected chi connectivity index (χ2v) is 5.36. The third-order valence-electron chi connectivity index (χ3n) is 4.16. The first-order chi connectivity index (χ1) is 9.37. The summed E-state index contributed by atoms with van der Waals surface area (Å²) in [7, 11) is 0. The third kappa shape index (κ3) is 3.03. The summed E-state index contributed by atoms with van der Waals surface area (Å²) < 4.78 is 37.4. The first kappa shape index (κ1) is 15.0. The largest absolute Gasteiger partial charge is 0.416 e. The second-order valence-electron chi connectivity index (χ2n) is 5.36. The monoisotopic (exact) mass is 285 g/mol. The van der Waals surface area contributed by atoms with Gasteiger partial charge in [-0.1, -0.05) is 19.1 Å². The number of Topliss-reactive ketones (excluding diaryl/α,β-unsaturated/α-hetero) is 1. The summed E-state index contributed by atoms with van der Waals surface area (Å²) in [6, 6.07) is 4.86. The van der Waals surface area contributed by atoms with Crippen molar-refractivity contribution in [1.82, 2.24) is 5.32 Å². The van der Waals surface area contributed by atoms with Crippen molar-refractivity contribution in [2.24, 2.45) is 5.41 Å². The van der Waals surface area contributed by atoms with Gasteiger partial charge >= 0.3 is 6.18 Å². The van der Waals surface area contributed by atoms with Crippen LogP contribution in [0, 0.1) is 5.41 Å². The van der Waals surface area contributed by atoms with Gasteiger partial charge in [-0.15, -0.1) is 0 Å². The number of ketones is 1. The standard InChI is InChI=1S/C15H18F3NO/c1-2-14(7-8-19-10-14)13(20)9-11-3-5-12(6-4-11)15(16,17)18/h3-6,19H,2,7-10H2,1H3. The molecule has 1 fully saturated rings. The Morgan fingerprint density at radius 1 is 1.30 bits per heavy atom. The molecule has 1 saturated heterocycles.